The van der Waals surface area contributed by atoms with E-state index in [2.05, 4.69) is 37.2 Å². The van der Waals surface area contributed by atoms with Gasteiger partial charge in [-0.2, -0.15) is 0 Å². The number of carbonyl (C=O) groups excluding carboxylic acids is 1. The largest absolute Gasteiger partial charge is 0.353 e. The molecular weight excluding hydrogens is 356 g/mol. The van der Waals surface area contributed by atoms with Crippen LogP contribution in [0.4, 0.5) is 16.3 Å². The first-order valence-electron chi connectivity index (χ1n) is 7.61. The zero-order valence-corrected chi connectivity index (χ0v) is 14.6. The lowest BCUT2D eigenvalue weighted by Crippen LogP contribution is -2.50. The summed E-state index contributed by atoms with van der Waals surface area (Å²) in [5.74, 6) is 0.976. The van der Waals surface area contributed by atoms with E-state index in [0.29, 0.717) is 13.1 Å². The van der Waals surface area contributed by atoms with Gasteiger partial charge in [0.1, 0.15) is 5.82 Å². The summed E-state index contributed by atoms with van der Waals surface area (Å²) in [6.07, 6.45) is 1.88. The molecule has 1 fully saturated rings. The number of piperazine rings is 1. The molecule has 1 aromatic heterocycles. The molecule has 3 rings (SSSR count). The van der Waals surface area contributed by atoms with E-state index in [1.54, 1.807) is 0 Å². The fourth-order valence-corrected chi connectivity index (χ4v) is 2.79. The Morgan fingerprint density at radius 3 is 2.39 bits per heavy atom. The first-order valence-corrected chi connectivity index (χ1v) is 8.40. The van der Waals surface area contributed by atoms with Gasteiger partial charge in [0.2, 0.25) is 0 Å². The molecule has 2 amide bonds. The van der Waals surface area contributed by atoms with Gasteiger partial charge in [-0.3, -0.25) is 0 Å². The fourth-order valence-electron chi connectivity index (χ4n) is 2.52. The predicted molar refractivity (Wildman–Crippen MR) is 95.9 cm³/mol. The van der Waals surface area contributed by atoms with Crippen LogP contribution in [-0.4, -0.2) is 42.1 Å². The maximum atomic E-state index is 12.3. The summed E-state index contributed by atoms with van der Waals surface area (Å²) in [6.45, 7) is 5.00. The Hall–Kier alpha value is -2.08. The lowest BCUT2D eigenvalue weighted by Gasteiger charge is -2.35. The Morgan fingerprint density at radius 2 is 1.78 bits per heavy atom. The maximum absolute atomic E-state index is 12.3. The van der Waals surface area contributed by atoms with Gasteiger partial charge in [0.25, 0.3) is 0 Å². The summed E-state index contributed by atoms with van der Waals surface area (Å²) < 4.78 is 0.995. The van der Waals surface area contributed by atoms with E-state index in [4.69, 9.17) is 0 Å². The van der Waals surface area contributed by atoms with Crippen molar-refractivity contribution in [3.63, 3.8) is 0 Å². The van der Waals surface area contributed by atoms with E-state index >= 15 is 0 Å². The highest BCUT2D eigenvalue weighted by atomic mass is 79.9. The minimum Gasteiger partial charge on any atom is -0.353 e. The van der Waals surface area contributed by atoms with Crippen LogP contribution in [0.2, 0.25) is 0 Å². The Morgan fingerprint density at radius 1 is 1.09 bits per heavy atom. The molecule has 0 atom stereocenters. The standard InChI is InChI=1S/C17H19BrN4O/c1-13-2-7-16(19-12-13)21-8-10-22(11-9-21)17(23)20-15-5-3-14(18)4-6-15/h2-7,12H,8-11H2,1H3,(H,20,23). The number of anilines is 2. The van der Waals surface area contributed by atoms with E-state index in [0.717, 1.165) is 34.6 Å². The normalized spacial score (nSPS) is 14.7. The first kappa shape index (κ1) is 15.8. The number of nitrogens with zero attached hydrogens (tertiary/aromatic N) is 3. The van der Waals surface area contributed by atoms with E-state index in [1.165, 1.54) is 0 Å². The first-order chi connectivity index (χ1) is 11.1. The van der Waals surface area contributed by atoms with Gasteiger partial charge in [0, 0.05) is 42.5 Å². The van der Waals surface area contributed by atoms with Crippen molar-refractivity contribution in [1.29, 1.82) is 0 Å². The Bertz CT molecular complexity index is 664. The van der Waals surface area contributed by atoms with E-state index < -0.39 is 0 Å². The molecule has 5 nitrogen and oxygen atoms in total. The third kappa shape index (κ3) is 4.01. The highest BCUT2D eigenvalue weighted by molar-refractivity contribution is 9.10. The van der Waals surface area contributed by atoms with Crippen LogP contribution in [0.3, 0.4) is 0 Å². The summed E-state index contributed by atoms with van der Waals surface area (Å²) >= 11 is 3.39. The minimum atomic E-state index is -0.0520. The Kier molecular flexibility index (Phi) is 4.81. The fraction of sp³-hybridized carbons (Fsp3) is 0.294. The molecule has 0 bridgehead atoms. The molecule has 0 spiro atoms. The number of amides is 2. The summed E-state index contributed by atoms with van der Waals surface area (Å²) in [5, 5.41) is 2.93. The van der Waals surface area contributed by atoms with Crippen molar-refractivity contribution in [3.05, 3.63) is 52.6 Å². The number of benzene rings is 1. The number of urea groups is 1. The SMILES string of the molecule is Cc1ccc(N2CCN(C(=O)Nc3ccc(Br)cc3)CC2)nc1. The maximum Gasteiger partial charge on any atom is 0.321 e. The lowest BCUT2D eigenvalue weighted by atomic mass is 10.3. The third-order valence-electron chi connectivity index (χ3n) is 3.88. The average Bonchev–Trinajstić information content (AvgIpc) is 2.58. The van der Waals surface area contributed by atoms with Crippen LogP contribution in [0.5, 0.6) is 0 Å². The van der Waals surface area contributed by atoms with Crippen molar-refractivity contribution in [1.82, 2.24) is 9.88 Å². The van der Waals surface area contributed by atoms with Gasteiger partial charge in [0.05, 0.1) is 0 Å². The number of carbonyl (C=O) groups is 1. The number of hydrogen-bond donors (Lipinski definition) is 1. The smallest absolute Gasteiger partial charge is 0.321 e. The van der Waals surface area contributed by atoms with Crippen LogP contribution in [0.25, 0.3) is 0 Å². The van der Waals surface area contributed by atoms with E-state index in [1.807, 2.05) is 48.4 Å². The monoisotopic (exact) mass is 374 g/mol. The Labute approximate surface area is 144 Å². The van der Waals surface area contributed by atoms with Crippen molar-refractivity contribution in [2.24, 2.45) is 0 Å². The number of aryl methyl sites for hydroxylation is 1. The molecule has 1 N–H and O–H groups in total. The van der Waals surface area contributed by atoms with Crippen LogP contribution in [0, 0.1) is 6.92 Å². The van der Waals surface area contributed by atoms with Gasteiger partial charge >= 0.3 is 6.03 Å². The van der Waals surface area contributed by atoms with Crippen LogP contribution in [-0.2, 0) is 0 Å². The second kappa shape index (κ2) is 7.00. The van der Waals surface area contributed by atoms with E-state index in [-0.39, 0.29) is 6.03 Å². The molecule has 23 heavy (non-hydrogen) atoms. The van der Waals surface area contributed by atoms with Crippen LogP contribution < -0.4 is 10.2 Å². The highest BCUT2D eigenvalue weighted by Gasteiger charge is 2.21. The van der Waals surface area contributed by atoms with Crippen molar-refractivity contribution in [3.8, 4) is 0 Å². The number of hydrogen-bond acceptors (Lipinski definition) is 3. The van der Waals surface area contributed by atoms with Gasteiger partial charge in [-0.15, -0.1) is 0 Å². The molecule has 1 aromatic carbocycles. The lowest BCUT2D eigenvalue weighted by molar-refractivity contribution is 0.208. The molecule has 6 heteroatoms. The minimum absolute atomic E-state index is 0.0520. The molecule has 0 aliphatic carbocycles. The molecule has 2 aromatic rings. The molecule has 0 radical (unpaired) electrons. The molecular formula is C17H19BrN4O. The quantitative estimate of drug-likeness (QED) is 0.874. The molecule has 2 heterocycles. The molecule has 0 saturated carbocycles. The second-order valence-corrected chi connectivity index (χ2v) is 6.52. The number of aromatic nitrogens is 1. The van der Waals surface area contributed by atoms with Crippen molar-refractivity contribution >= 4 is 33.5 Å². The summed E-state index contributed by atoms with van der Waals surface area (Å²) in [6, 6.07) is 11.6. The highest BCUT2D eigenvalue weighted by Crippen LogP contribution is 2.16. The summed E-state index contributed by atoms with van der Waals surface area (Å²) in [5.41, 5.74) is 1.96. The summed E-state index contributed by atoms with van der Waals surface area (Å²) in [7, 11) is 0. The van der Waals surface area contributed by atoms with Gasteiger partial charge in [-0.1, -0.05) is 22.0 Å². The Balaban J connectivity index is 1.54. The average molecular weight is 375 g/mol. The van der Waals surface area contributed by atoms with Crippen molar-refractivity contribution < 1.29 is 4.79 Å². The predicted octanol–water partition coefficient (Wildman–Crippen LogP) is 3.51. The zero-order chi connectivity index (χ0) is 16.2. The molecule has 1 aliphatic heterocycles. The third-order valence-corrected chi connectivity index (χ3v) is 4.41. The number of pyridine rings is 1. The van der Waals surface area contributed by atoms with Crippen LogP contribution >= 0.6 is 15.9 Å². The second-order valence-electron chi connectivity index (χ2n) is 5.60. The van der Waals surface area contributed by atoms with Crippen molar-refractivity contribution in [2.75, 3.05) is 36.4 Å². The number of rotatable bonds is 2. The van der Waals surface area contributed by atoms with Gasteiger partial charge in [0.15, 0.2) is 0 Å². The van der Waals surface area contributed by atoms with Crippen molar-refractivity contribution in [2.45, 2.75) is 6.92 Å². The number of halogens is 1. The van der Waals surface area contributed by atoms with Gasteiger partial charge < -0.3 is 15.1 Å². The van der Waals surface area contributed by atoms with Gasteiger partial charge in [-0.25, -0.2) is 9.78 Å². The molecule has 120 valence electrons. The van der Waals surface area contributed by atoms with Crippen LogP contribution in [0.1, 0.15) is 5.56 Å². The van der Waals surface area contributed by atoms with Gasteiger partial charge in [-0.05, 0) is 42.8 Å². The summed E-state index contributed by atoms with van der Waals surface area (Å²) in [4.78, 5) is 20.8. The molecule has 0 unspecified atom stereocenters. The number of nitrogens with one attached hydrogen (secondary N) is 1. The molecule has 1 saturated heterocycles. The zero-order valence-electron chi connectivity index (χ0n) is 13.0. The molecule has 1 aliphatic rings. The topological polar surface area (TPSA) is 48.5 Å². The van der Waals surface area contributed by atoms with Crippen LogP contribution in [0.15, 0.2) is 47.1 Å². The van der Waals surface area contributed by atoms with E-state index in [9.17, 15) is 4.79 Å².